The molecule has 4 heteroatoms. The molecule has 2 nitrogen and oxygen atoms in total. The Morgan fingerprint density at radius 2 is 2.13 bits per heavy atom. The first-order valence-corrected chi connectivity index (χ1v) is 5.04. The van der Waals surface area contributed by atoms with Crippen molar-refractivity contribution in [2.24, 2.45) is 0 Å². The predicted molar refractivity (Wildman–Crippen MR) is 57.3 cm³/mol. The molecule has 15 heavy (non-hydrogen) atoms. The predicted octanol–water partition coefficient (Wildman–Crippen LogP) is 2.61. The number of benzene rings is 1. The van der Waals surface area contributed by atoms with Gasteiger partial charge in [-0.3, -0.25) is 0 Å². The van der Waals surface area contributed by atoms with Crippen LogP contribution in [0.15, 0.2) is 12.1 Å². The molecule has 0 saturated carbocycles. The number of fused-ring (bicyclic) bond motifs is 1. The minimum Gasteiger partial charge on any atom is -0.381 e. The van der Waals surface area contributed by atoms with E-state index in [4.69, 9.17) is 0 Å². The molecule has 0 saturated heterocycles. The second kappa shape index (κ2) is 3.68. The zero-order chi connectivity index (χ0) is 11.0. The van der Waals surface area contributed by atoms with Crippen molar-refractivity contribution in [3.8, 4) is 0 Å². The maximum Gasteiger partial charge on any atom is 0.151 e. The van der Waals surface area contributed by atoms with Crippen LogP contribution < -0.4 is 10.2 Å². The second-order valence-corrected chi connectivity index (χ2v) is 4.04. The quantitative estimate of drug-likeness (QED) is 0.711. The molecule has 1 aliphatic heterocycles. The molecule has 0 radical (unpaired) electrons. The van der Waals surface area contributed by atoms with Crippen LogP contribution in [-0.2, 0) is 0 Å². The molecule has 1 heterocycles. The third kappa shape index (κ3) is 1.89. The van der Waals surface area contributed by atoms with Crippen molar-refractivity contribution < 1.29 is 8.78 Å². The van der Waals surface area contributed by atoms with E-state index in [1.54, 1.807) is 0 Å². The summed E-state index contributed by atoms with van der Waals surface area (Å²) < 4.78 is 26.6. The normalized spacial score (nSPS) is 20.5. The van der Waals surface area contributed by atoms with Crippen LogP contribution >= 0.6 is 0 Å². The fourth-order valence-electron chi connectivity index (χ4n) is 1.90. The van der Waals surface area contributed by atoms with Crippen molar-refractivity contribution >= 4 is 11.4 Å². The van der Waals surface area contributed by atoms with Crippen molar-refractivity contribution in [2.75, 3.05) is 23.8 Å². The standard InChI is InChI=1S/C11H14F2N2/c1-7-3-4-15(2)11-9(13)5-8(12)6-10(11)14-7/h5-7,14H,3-4H2,1-2H3. The molecule has 0 aromatic heterocycles. The molecule has 2 rings (SSSR count). The Balaban J connectivity index is 2.52. The molecular formula is C11H14F2N2. The van der Waals surface area contributed by atoms with E-state index in [1.165, 1.54) is 6.07 Å². The number of nitrogens with one attached hydrogen (secondary N) is 1. The summed E-state index contributed by atoms with van der Waals surface area (Å²) >= 11 is 0. The van der Waals surface area contributed by atoms with E-state index in [0.29, 0.717) is 11.4 Å². The highest BCUT2D eigenvalue weighted by atomic mass is 19.1. The minimum absolute atomic E-state index is 0.231. The average molecular weight is 212 g/mol. The zero-order valence-electron chi connectivity index (χ0n) is 8.85. The monoisotopic (exact) mass is 212 g/mol. The lowest BCUT2D eigenvalue weighted by Crippen LogP contribution is -2.20. The molecule has 1 N–H and O–H groups in total. The van der Waals surface area contributed by atoms with Gasteiger partial charge < -0.3 is 10.2 Å². The van der Waals surface area contributed by atoms with Crippen LogP contribution in [0.2, 0.25) is 0 Å². The summed E-state index contributed by atoms with van der Waals surface area (Å²) in [5.41, 5.74) is 1.00. The Morgan fingerprint density at radius 3 is 2.87 bits per heavy atom. The van der Waals surface area contributed by atoms with Crippen LogP contribution in [0.4, 0.5) is 20.2 Å². The van der Waals surface area contributed by atoms with E-state index in [-0.39, 0.29) is 6.04 Å². The highest BCUT2D eigenvalue weighted by Gasteiger charge is 2.20. The van der Waals surface area contributed by atoms with Crippen LogP contribution in [0.25, 0.3) is 0 Å². The highest BCUT2D eigenvalue weighted by molar-refractivity contribution is 5.71. The van der Waals surface area contributed by atoms with Crippen LogP contribution in [0.5, 0.6) is 0 Å². The summed E-state index contributed by atoms with van der Waals surface area (Å²) in [7, 11) is 1.82. The van der Waals surface area contributed by atoms with Gasteiger partial charge in [0.05, 0.1) is 11.4 Å². The number of hydrogen-bond donors (Lipinski definition) is 1. The van der Waals surface area contributed by atoms with Gasteiger partial charge in [0.1, 0.15) is 5.82 Å². The topological polar surface area (TPSA) is 15.3 Å². The van der Waals surface area contributed by atoms with Gasteiger partial charge in [0, 0.05) is 25.7 Å². The SMILES string of the molecule is CC1CCN(C)c2c(F)cc(F)cc2N1. The third-order valence-corrected chi connectivity index (χ3v) is 2.71. The summed E-state index contributed by atoms with van der Waals surface area (Å²) in [5.74, 6) is -1.05. The summed E-state index contributed by atoms with van der Waals surface area (Å²) in [6, 6.07) is 2.50. The second-order valence-electron chi connectivity index (χ2n) is 4.04. The van der Waals surface area contributed by atoms with E-state index in [0.717, 1.165) is 19.0 Å². The van der Waals surface area contributed by atoms with E-state index in [9.17, 15) is 8.78 Å². The molecule has 0 spiro atoms. The van der Waals surface area contributed by atoms with Crippen molar-refractivity contribution in [2.45, 2.75) is 19.4 Å². The Kier molecular flexibility index (Phi) is 2.50. The fraction of sp³-hybridized carbons (Fsp3) is 0.455. The summed E-state index contributed by atoms with van der Waals surface area (Å²) in [4.78, 5) is 1.82. The molecule has 0 aliphatic carbocycles. The first-order valence-electron chi connectivity index (χ1n) is 5.04. The van der Waals surface area contributed by atoms with Gasteiger partial charge in [0.25, 0.3) is 0 Å². The highest BCUT2D eigenvalue weighted by Crippen LogP contribution is 2.32. The van der Waals surface area contributed by atoms with E-state index < -0.39 is 11.6 Å². The fourth-order valence-corrected chi connectivity index (χ4v) is 1.90. The van der Waals surface area contributed by atoms with Gasteiger partial charge in [-0.15, -0.1) is 0 Å². The minimum atomic E-state index is -0.541. The van der Waals surface area contributed by atoms with E-state index >= 15 is 0 Å². The largest absolute Gasteiger partial charge is 0.381 e. The molecule has 1 aliphatic rings. The molecule has 82 valence electrons. The van der Waals surface area contributed by atoms with Crippen LogP contribution in [-0.4, -0.2) is 19.6 Å². The molecular weight excluding hydrogens is 198 g/mol. The first kappa shape index (κ1) is 10.2. The van der Waals surface area contributed by atoms with Crippen molar-refractivity contribution in [1.82, 2.24) is 0 Å². The maximum atomic E-state index is 13.6. The lowest BCUT2D eigenvalue weighted by molar-refractivity contribution is 0.582. The average Bonchev–Trinajstić information content (AvgIpc) is 2.25. The number of rotatable bonds is 0. The smallest absolute Gasteiger partial charge is 0.151 e. The number of hydrogen-bond acceptors (Lipinski definition) is 2. The van der Waals surface area contributed by atoms with Gasteiger partial charge in [-0.2, -0.15) is 0 Å². The Bertz CT molecular complexity index is 379. The molecule has 1 unspecified atom stereocenters. The third-order valence-electron chi connectivity index (χ3n) is 2.71. The van der Waals surface area contributed by atoms with Crippen LogP contribution in [0, 0.1) is 11.6 Å². The van der Waals surface area contributed by atoms with Gasteiger partial charge in [-0.05, 0) is 19.4 Å². The molecule has 1 atom stereocenters. The molecule has 1 aromatic rings. The van der Waals surface area contributed by atoms with Crippen molar-refractivity contribution in [3.63, 3.8) is 0 Å². The number of anilines is 2. The maximum absolute atomic E-state index is 13.6. The van der Waals surface area contributed by atoms with E-state index in [2.05, 4.69) is 5.32 Å². The lowest BCUT2D eigenvalue weighted by Gasteiger charge is -2.19. The summed E-state index contributed by atoms with van der Waals surface area (Å²) in [6.07, 6.45) is 0.909. The Labute approximate surface area is 87.9 Å². The number of nitrogens with zero attached hydrogens (tertiary/aromatic N) is 1. The summed E-state index contributed by atoms with van der Waals surface area (Å²) in [5, 5.41) is 3.11. The van der Waals surface area contributed by atoms with Crippen molar-refractivity contribution in [1.29, 1.82) is 0 Å². The Hall–Kier alpha value is -1.32. The molecule has 1 aromatic carbocycles. The van der Waals surface area contributed by atoms with Gasteiger partial charge >= 0.3 is 0 Å². The van der Waals surface area contributed by atoms with Crippen LogP contribution in [0.1, 0.15) is 13.3 Å². The van der Waals surface area contributed by atoms with Gasteiger partial charge in [-0.1, -0.05) is 0 Å². The van der Waals surface area contributed by atoms with E-state index in [1.807, 2.05) is 18.9 Å². The first-order chi connectivity index (χ1) is 7.08. The van der Waals surface area contributed by atoms with Crippen molar-refractivity contribution in [3.05, 3.63) is 23.8 Å². The Morgan fingerprint density at radius 1 is 1.40 bits per heavy atom. The molecule has 0 fully saturated rings. The number of halogens is 2. The van der Waals surface area contributed by atoms with Gasteiger partial charge in [0.15, 0.2) is 5.82 Å². The van der Waals surface area contributed by atoms with Crippen LogP contribution in [0.3, 0.4) is 0 Å². The molecule has 0 amide bonds. The lowest BCUT2D eigenvalue weighted by atomic mass is 10.2. The van der Waals surface area contributed by atoms with Gasteiger partial charge in [0.2, 0.25) is 0 Å². The zero-order valence-corrected chi connectivity index (χ0v) is 8.85. The summed E-state index contributed by atoms with van der Waals surface area (Å²) in [6.45, 7) is 2.77. The van der Waals surface area contributed by atoms with Gasteiger partial charge in [-0.25, -0.2) is 8.78 Å². The molecule has 0 bridgehead atoms.